The van der Waals surface area contributed by atoms with Gasteiger partial charge in [0.1, 0.15) is 23.1 Å². The Balaban J connectivity index is 1.74. The van der Waals surface area contributed by atoms with Gasteiger partial charge >= 0.3 is 0 Å². The largest absolute Gasteiger partial charge is 0.491 e. The van der Waals surface area contributed by atoms with Crippen molar-refractivity contribution in [3.05, 3.63) is 41.9 Å². The lowest BCUT2D eigenvalue weighted by atomic mass is 10.1. The number of hydrogen-bond acceptors (Lipinski definition) is 5. The Morgan fingerprint density at radius 3 is 2.46 bits per heavy atom. The highest BCUT2D eigenvalue weighted by Gasteiger charge is 2.20. The number of ether oxygens (including phenoxy) is 1. The molecule has 6 heteroatoms. The summed E-state index contributed by atoms with van der Waals surface area (Å²) < 4.78 is 5.65. The van der Waals surface area contributed by atoms with Crippen molar-refractivity contribution in [1.29, 1.82) is 0 Å². The topological polar surface area (TPSA) is 67.4 Å². The lowest BCUT2D eigenvalue weighted by Gasteiger charge is -2.26. The number of amides is 1. The maximum absolute atomic E-state index is 12.7. The molecule has 1 fully saturated rings. The van der Waals surface area contributed by atoms with Crippen molar-refractivity contribution in [3.63, 3.8) is 0 Å². The predicted molar refractivity (Wildman–Crippen MR) is 102 cm³/mol. The van der Waals surface area contributed by atoms with E-state index >= 15 is 0 Å². The number of piperidine rings is 1. The molecule has 0 bridgehead atoms. The van der Waals surface area contributed by atoms with Gasteiger partial charge in [-0.1, -0.05) is 0 Å². The molecular weight excluding hydrogens is 328 g/mol. The molecular formula is C20H26N4O2. The first-order valence-corrected chi connectivity index (χ1v) is 9.20. The second kappa shape index (κ2) is 8.17. The Hall–Kier alpha value is -2.63. The third kappa shape index (κ3) is 4.71. The number of anilines is 2. The van der Waals surface area contributed by atoms with E-state index in [1.54, 1.807) is 13.0 Å². The van der Waals surface area contributed by atoms with Crippen LogP contribution in [0.5, 0.6) is 5.75 Å². The van der Waals surface area contributed by atoms with Gasteiger partial charge < -0.3 is 15.0 Å². The Bertz CT molecular complexity index is 753. The van der Waals surface area contributed by atoms with E-state index in [4.69, 9.17) is 4.74 Å². The van der Waals surface area contributed by atoms with Crippen LogP contribution in [0, 0.1) is 6.92 Å². The van der Waals surface area contributed by atoms with Gasteiger partial charge in [-0.25, -0.2) is 9.97 Å². The maximum Gasteiger partial charge on any atom is 0.272 e. The highest BCUT2D eigenvalue weighted by atomic mass is 16.5. The van der Waals surface area contributed by atoms with Crippen molar-refractivity contribution in [2.24, 2.45) is 0 Å². The molecule has 1 amide bonds. The summed E-state index contributed by atoms with van der Waals surface area (Å²) in [4.78, 5) is 23.3. The fraction of sp³-hybridized carbons (Fsp3) is 0.450. The van der Waals surface area contributed by atoms with Gasteiger partial charge in [0.25, 0.3) is 5.91 Å². The molecule has 1 aromatic carbocycles. The average molecular weight is 354 g/mol. The molecule has 0 radical (unpaired) electrons. The van der Waals surface area contributed by atoms with Crippen LogP contribution < -0.4 is 10.1 Å². The monoisotopic (exact) mass is 354 g/mol. The molecule has 0 atom stereocenters. The molecule has 138 valence electrons. The Labute approximate surface area is 154 Å². The highest BCUT2D eigenvalue weighted by Crippen LogP contribution is 2.21. The minimum Gasteiger partial charge on any atom is -0.491 e. The molecule has 1 aromatic heterocycles. The number of carbonyl (C=O) groups is 1. The van der Waals surface area contributed by atoms with Crippen LogP contribution in [0.15, 0.2) is 30.3 Å². The Morgan fingerprint density at radius 1 is 1.12 bits per heavy atom. The van der Waals surface area contributed by atoms with E-state index in [2.05, 4.69) is 15.3 Å². The number of likely N-dealkylation sites (tertiary alicyclic amines) is 1. The van der Waals surface area contributed by atoms with Gasteiger partial charge in [-0.2, -0.15) is 0 Å². The first-order valence-electron chi connectivity index (χ1n) is 9.20. The zero-order chi connectivity index (χ0) is 18.5. The SMILES string of the molecule is Cc1nc(Nc2ccc(OC(C)C)cc2)cc(C(=O)N2CCCCC2)n1. The number of hydrogen-bond donors (Lipinski definition) is 1. The molecule has 1 saturated heterocycles. The summed E-state index contributed by atoms with van der Waals surface area (Å²) in [7, 11) is 0. The van der Waals surface area contributed by atoms with Crippen LogP contribution in [0.2, 0.25) is 0 Å². The molecule has 2 aromatic rings. The molecule has 6 nitrogen and oxygen atoms in total. The fourth-order valence-electron chi connectivity index (χ4n) is 3.04. The van der Waals surface area contributed by atoms with Crippen molar-refractivity contribution < 1.29 is 9.53 Å². The van der Waals surface area contributed by atoms with Crippen LogP contribution in [0.4, 0.5) is 11.5 Å². The van der Waals surface area contributed by atoms with Crippen molar-refractivity contribution >= 4 is 17.4 Å². The Morgan fingerprint density at radius 2 is 1.81 bits per heavy atom. The van der Waals surface area contributed by atoms with Crippen LogP contribution in [0.1, 0.15) is 49.4 Å². The summed E-state index contributed by atoms with van der Waals surface area (Å²) in [6.45, 7) is 7.41. The maximum atomic E-state index is 12.7. The number of aryl methyl sites for hydroxylation is 1. The van der Waals surface area contributed by atoms with E-state index in [0.717, 1.165) is 37.4 Å². The second-order valence-electron chi connectivity index (χ2n) is 6.85. The number of rotatable bonds is 5. The van der Waals surface area contributed by atoms with Crippen LogP contribution >= 0.6 is 0 Å². The van der Waals surface area contributed by atoms with Crippen LogP contribution in [0.25, 0.3) is 0 Å². The normalized spacial score (nSPS) is 14.4. The molecule has 0 unspecified atom stereocenters. The van der Waals surface area contributed by atoms with E-state index in [1.165, 1.54) is 6.42 Å². The zero-order valence-electron chi connectivity index (χ0n) is 15.7. The van der Waals surface area contributed by atoms with E-state index in [0.29, 0.717) is 17.3 Å². The van der Waals surface area contributed by atoms with Crippen molar-refractivity contribution in [1.82, 2.24) is 14.9 Å². The smallest absolute Gasteiger partial charge is 0.272 e. The van der Waals surface area contributed by atoms with Gasteiger partial charge in [0.2, 0.25) is 0 Å². The summed E-state index contributed by atoms with van der Waals surface area (Å²) in [5, 5.41) is 3.25. The summed E-state index contributed by atoms with van der Waals surface area (Å²) in [5.41, 5.74) is 1.33. The molecule has 0 saturated carbocycles. The van der Waals surface area contributed by atoms with Gasteiger partial charge in [-0.3, -0.25) is 4.79 Å². The van der Waals surface area contributed by atoms with Crippen LogP contribution in [-0.2, 0) is 0 Å². The molecule has 1 aliphatic heterocycles. The van der Waals surface area contributed by atoms with Gasteiger partial charge in [0.15, 0.2) is 0 Å². The predicted octanol–water partition coefficient (Wildman–Crippen LogP) is 3.94. The lowest BCUT2D eigenvalue weighted by Crippen LogP contribution is -2.36. The van der Waals surface area contributed by atoms with E-state index in [1.807, 2.05) is 43.0 Å². The van der Waals surface area contributed by atoms with E-state index in [-0.39, 0.29) is 12.0 Å². The number of nitrogens with zero attached hydrogens (tertiary/aromatic N) is 3. The van der Waals surface area contributed by atoms with E-state index in [9.17, 15) is 4.79 Å². The molecule has 2 heterocycles. The lowest BCUT2D eigenvalue weighted by molar-refractivity contribution is 0.0718. The molecule has 3 rings (SSSR count). The van der Waals surface area contributed by atoms with Gasteiger partial charge in [0.05, 0.1) is 6.10 Å². The minimum absolute atomic E-state index is 0.0149. The Kier molecular flexibility index (Phi) is 5.71. The molecule has 0 spiro atoms. The van der Waals surface area contributed by atoms with Gasteiger partial charge in [0, 0.05) is 24.8 Å². The summed E-state index contributed by atoms with van der Waals surface area (Å²) in [6, 6.07) is 9.41. The summed E-state index contributed by atoms with van der Waals surface area (Å²) >= 11 is 0. The summed E-state index contributed by atoms with van der Waals surface area (Å²) in [5.74, 6) is 2.01. The zero-order valence-corrected chi connectivity index (χ0v) is 15.7. The third-order valence-electron chi connectivity index (χ3n) is 4.20. The standard InChI is InChI=1S/C20H26N4O2/c1-14(2)26-17-9-7-16(8-10-17)23-19-13-18(21-15(3)22-19)20(25)24-11-5-4-6-12-24/h7-10,13-14H,4-6,11-12H2,1-3H3,(H,21,22,23). The molecule has 0 aliphatic carbocycles. The quantitative estimate of drug-likeness (QED) is 0.881. The van der Waals surface area contributed by atoms with Gasteiger partial charge in [-0.05, 0) is 64.3 Å². The first kappa shape index (κ1) is 18.2. The van der Waals surface area contributed by atoms with Crippen molar-refractivity contribution in [2.45, 2.75) is 46.1 Å². The molecule has 1 N–H and O–H groups in total. The van der Waals surface area contributed by atoms with Crippen LogP contribution in [-0.4, -0.2) is 40.0 Å². The number of carbonyl (C=O) groups excluding carboxylic acids is 1. The first-order chi connectivity index (χ1) is 12.5. The number of benzene rings is 1. The second-order valence-corrected chi connectivity index (χ2v) is 6.85. The van der Waals surface area contributed by atoms with Gasteiger partial charge in [-0.15, -0.1) is 0 Å². The molecule has 1 aliphatic rings. The third-order valence-corrected chi connectivity index (χ3v) is 4.20. The summed E-state index contributed by atoms with van der Waals surface area (Å²) in [6.07, 6.45) is 3.45. The van der Waals surface area contributed by atoms with Crippen molar-refractivity contribution in [3.8, 4) is 5.75 Å². The fourth-order valence-corrected chi connectivity index (χ4v) is 3.04. The highest BCUT2D eigenvalue weighted by molar-refractivity contribution is 5.93. The van der Waals surface area contributed by atoms with Crippen LogP contribution in [0.3, 0.4) is 0 Å². The minimum atomic E-state index is -0.0149. The number of aromatic nitrogens is 2. The number of nitrogens with one attached hydrogen (secondary N) is 1. The van der Waals surface area contributed by atoms with E-state index < -0.39 is 0 Å². The van der Waals surface area contributed by atoms with Crippen molar-refractivity contribution in [2.75, 3.05) is 18.4 Å². The molecule has 26 heavy (non-hydrogen) atoms. The average Bonchev–Trinajstić information content (AvgIpc) is 2.62.